The minimum absolute atomic E-state index is 0.286. The van der Waals surface area contributed by atoms with E-state index in [0.29, 0.717) is 12.0 Å². The van der Waals surface area contributed by atoms with Crippen LogP contribution in [0.4, 0.5) is 0 Å². The Balaban J connectivity index is 2.47. The molecule has 0 unspecified atom stereocenters. The molecule has 0 aliphatic heterocycles. The first-order valence-corrected chi connectivity index (χ1v) is 7.55. The summed E-state index contributed by atoms with van der Waals surface area (Å²) < 4.78 is 0. The third-order valence-electron chi connectivity index (χ3n) is 3.95. The second-order valence-electron chi connectivity index (χ2n) is 6.01. The van der Waals surface area contributed by atoms with Gasteiger partial charge >= 0.3 is 5.97 Å². The topological polar surface area (TPSA) is 40.5 Å². The van der Waals surface area contributed by atoms with Gasteiger partial charge in [-0.15, -0.1) is 0 Å². The molecule has 3 heteroatoms. The average Bonchev–Trinajstić information content (AvgIpc) is 2.57. The lowest BCUT2D eigenvalue weighted by molar-refractivity contribution is -0.137. The summed E-state index contributed by atoms with van der Waals surface area (Å²) in [4.78, 5) is 13.2. The molecular formula is C15H29NO2. The molecule has 0 radical (unpaired) electrons. The first kappa shape index (κ1) is 15.5. The molecule has 0 saturated heterocycles. The van der Waals surface area contributed by atoms with Crippen molar-refractivity contribution in [2.45, 2.75) is 71.3 Å². The van der Waals surface area contributed by atoms with Crippen molar-refractivity contribution in [1.29, 1.82) is 0 Å². The van der Waals surface area contributed by atoms with E-state index in [1.54, 1.807) is 0 Å². The van der Waals surface area contributed by atoms with Crippen LogP contribution in [0.15, 0.2) is 0 Å². The van der Waals surface area contributed by atoms with E-state index in [-0.39, 0.29) is 6.42 Å². The zero-order valence-electron chi connectivity index (χ0n) is 12.0. The van der Waals surface area contributed by atoms with Crippen LogP contribution in [-0.4, -0.2) is 35.1 Å². The number of hydrogen-bond acceptors (Lipinski definition) is 2. The molecule has 3 nitrogen and oxygen atoms in total. The highest BCUT2D eigenvalue weighted by Gasteiger charge is 2.20. The summed E-state index contributed by atoms with van der Waals surface area (Å²) in [6, 6.07) is 0.630. The van der Waals surface area contributed by atoms with Crippen molar-refractivity contribution in [2.24, 2.45) is 5.92 Å². The molecule has 1 rings (SSSR count). The molecule has 1 fully saturated rings. The molecule has 0 aromatic heterocycles. The Kier molecular flexibility index (Phi) is 7.33. The molecule has 0 heterocycles. The van der Waals surface area contributed by atoms with E-state index < -0.39 is 5.97 Å². The molecular weight excluding hydrogens is 226 g/mol. The van der Waals surface area contributed by atoms with Gasteiger partial charge in [0.05, 0.1) is 6.42 Å². The number of carboxylic acids is 1. The van der Waals surface area contributed by atoms with Crippen LogP contribution in [0, 0.1) is 5.92 Å². The number of rotatable bonds is 7. The SMILES string of the molecule is CC(C)CCN(CCC(=O)O)C1CCCCCC1. The fourth-order valence-corrected chi connectivity index (χ4v) is 2.76. The van der Waals surface area contributed by atoms with Crippen molar-refractivity contribution in [3.8, 4) is 0 Å². The van der Waals surface area contributed by atoms with Crippen molar-refractivity contribution in [3.05, 3.63) is 0 Å². The smallest absolute Gasteiger partial charge is 0.304 e. The third kappa shape index (κ3) is 6.39. The van der Waals surface area contributed by atoms with Crippen LogP contribution in [0.1, 0.15) is 65.2 Å². The van der Waals surface area contributed by atoms with Crippen molar-refractivity contribution in [1.82, 2.24) is 4.90 Å². The van der Waals surface area contributed by atoms with Crippen molar-refractivity contribution >= 4 is 5.97 Å². The molecule has 1 N–H and O–H groups in total. The first-order chi connectivity index (χ1) is 8.59. The molecule has 0 aromatic carbocycles. The van der Waals surface area contributed by atoms with Gasteiger partial charge in [-0.05, 0) is 31.7 Å². The van der Waals surface area contributed by atoms with E-state index in [0.717, 1.165) is 13.1 Å². The summed E-state index contributed by atoms with van der Waals surface area (Å²) in [5, 5.41) is 8.87. The maximum Gasteiger partial charge on any atom is 0.304 e. The molecule has 0 bridgehead atoms. The lowest BCUT2D eigenvalue weighted by Gasteiger charge is -2.31. The maximum absolute atomic E-state index is 10.8. The van der Waals surface area contributed by atoms with Gasteiger partial charge in [-0.2, -0.15) is 0 Å². The monoisotopic (exact) mass is 255 g/mol. The summed E-state index contributed by atoms with van der Waals surface area (Å²) >= 11 is 0. The van der Waals surface area contributed by atoms with E-state index in [2.05, 4.69) is 18.7 Å². The number of carboxylic acid groups (broad SMARTS) is 1. The zero-order chi connectivity index (χ0) is 13.4. The van der Waals surface area contributed by atoms with Gasteiger partial charge in [0.1, 0.15) is 0 Å². The second-order valence-corrected chi connectivity index (χ2v) is 6.01. The van der Waals surface area contributed by atoms with Crippen molar-refractivity contribution < 1.29 is 9.90 Å². The first-order valence-electron chi connectivity index (χ1n) is 7.55. The highest BCUT2D eigenvalue weighted by atomic mass is 16.4. The standard InChI is InChI=1S/C15H29NO2/c1-13(2)9-11-16(12-10-15(17)18)14-7-5-3-4-6-8-14/h13-14H,3-12H2,1-2H3,(H,17,18). The molecule has 0 amide bonds. The van der Waals surface area contributed by atoms with Gasteiger partial charge in [0.2, 0.25) is 0 Å². The van der Waals surface area contributed by atoms with Crippen LogP contribution in [-0.2, 0) is 4.79 Å². The van der Waals surface area contributed by atoms with Gasteiger partial charge in [-0.3, -0.25) is 9.69 Å². The van der Waals surface area contributed by atoms with Crippen LogP contribution in [0.25, 0.3) is 0 Å². The summed E-state index contributed by atoms with van der Waals surface area (Å²) in [5.41, 5.74) is 0. The van der Waals surface area contributed by atoms with Gasteiger partial charge < -0.3 is 5.11 Å². The summed E-state index contributed by atoms with van der Waals surface area (Å²) in [5.74, 6) is 0.0290. The molecule has 0 aromatic rings. The van der Waals surface area contributed by atoms with E-state index in [1.807, 2.05) is 0 Å². The number of hydrogen-bond donors (Lipinski definition) is 1. The number of nitrogens with zero attached hydrogens (tertiary/aromatic N) is 1. The Morgan fingerprint density at radius 2 is 1.78 bits per heavy atom. The van der Waals surface area contributed by atoms with Gasteiger partial charge in [0.25, 0.3) is 0 Å². The molecule has 18 heavy (non-hydrogen) atoms. The van der Waals surface area contributed by atoms with E-state index in [1.165, 1.54) is 44.9 Å². The predicted molar refractivity (Wildman–Crippen MR) is 74.8 cm³/mol. The minimum Gasteiger partial charge on any atom is -0.481 e. The second kappa shape index (κ2) is 8.52. The lowest BCUT2D eigenvalue weighted by atomic mass is 10.0. The van der Waals surface area contributed by atoms with E-state index >= 15 is 0 Å². The largest absolute Gasteiger partial charge is 0.481 e. The summed E-state index contributed by atoms with van der Waals surface area (Å²) in [7, 11) is 0. The van der Waals surface area contributed by atoms with Gasteiger partial charge in [-0.1, -0.05) is 39.5 Å². The molecule has 106 valence electrons. The Labute approximate surface area is 112 Å². The average molecular weight is 255 g/mol. The predicted octanol–water partition coefficient (Wildman–Crippen LogP) is 3.53. The fourth-order valence-electron chi connectivity index (χ4n) is 2.76. The highest BCUT2D eigenvalue weighted by Crippen LogP contribution is 2.22. The lowest BCUT2D eigenvalue weighted by Crippen LogP contribution is -2.37. The van der Waals surface area contributed by atoms with E-state index in [9.17, 15) is 4.79 Å². The minimum atomic E-state index is -0.668. The van der Waals surface area contributed by atoms with Crippen molar-refractivity contribution in [2.75, 3.05) is 13.1 Å². The van der Waals surface area contributed by atoms with Gasteiger partial charge in [-0.25, -0.2) is 0 Å². The van der Waals surface area contributed by atoms with Crippen LogP contribution in [0.2, 0.25) is 0 Å². The fraction of sp³-hybridized carbons (Fsp3) is 0.933. The summed E-state index contributed by atoms with van der Waals surface area (Å²) in [6.45, 7) is 6.27. The normalized spacial score (nSPS) is 18.2. The molecule has 1 aliphatic rings. The van der Waals surface area contributed by atoms with Crippen LogP contribution < -0.4 is 0 Å². The Morgan fingerprint density at radius 3 is 2.28 bits per heavy atom. The molecule has 1 saturated carbocycles. The molecule has 1 aliphatic carbocycles. The Bertz CT molecular complexity index is 233. The molecule has 0 atom stereocenters. The third-order valence-corrected chi connectivity index (χ3v) is 3.95. The van der Waals surface area contributed by atoms with Gasteiger partial charge in [0, 0.05) is 12.6 Å². The van der Waals surface area contributed by atoms with Crippen LogP contribution in [0.5, 0.6) is 0 Å². The highest BCUT2D eigenvalue weighted by molar-refractivity contribution is 5.66. The summed E-state index contributed by atoms with van der Waals surface area (Å²) in [6.07, 6.45) is 9.33. The number of carbonyl (C=O) groups is 1. The quantitative estimate of drug-likeness (QED) is 0.707. The number of aliphatic carboxylic acids is 1. The molecule has 0 spiro atoms. The van der Waals surface area contributed by atoms with Crippen LogP contribution in [0.3, 0.4) is 0 Å². The van der Waals surface area contributed by atoms with Gasteiger partial charge in [0.15, 0.2) is 0 Å². The Hall–Kier alpha value is -0.570. The van der Waals surface area contributed by atoms with Crippen LogP contribution >= 0.6 is 0 Å². The van der Waals surface area contributed by atoms with Crippen molar-refractivity contribution in [3.63, 3.8) is 0 Å². The Morgan fingerprint density at radius 1 is 1.17 bits per heavy atom. The van der Waals surface area contributed by atoms with E-state index in [4.69, 9.17) is 5.11 Å². The zero-order valence-corrected chi connectivity index (χ0v) is 12.0. The maximum atomic E-state index is 10.8.